The number of nitrogens with one attached hydrogen (secondary N) is 1. The molecular formula is C15H28N2. The summed E-state index contributed by atoms with van der Waals surface area (Å²) in [5.41, 5.74) is 6.12. The first-order chi connectivity index (χ1) is 8.07. The molecule has 17 heavy (non-hydrogen) atoms. The van der Waals surface area contributed by atoms with Gasteiger partial charge in [-0.3, -0.25) is 5.32 Å². The van der Waals surface area contributed by atoms with E-state index in [0.717, 1.165) is 25.2 Å². The molecule has 1 rings (SSSR count). The standard InChI is InChI=1S/C15H28N2/c1-5-7-14(6-2)17-15(11-16)10-12(3)8-9-13(15)4/h2,12-14,17H,5,7-11,16H2,1,3-4H3. The number of hydrogen-bond acceptors (Lipinski definition) is 2. The number of rotatable bonds is 5. The summed E-state index contributed by atoms with van der Waals surface area (Å²) in [7, 11) is 0. The highest BCUT2D eigenvalue weighted by Gasteiger charge is 2.40. The van der Waals surface area contributed by atoms with Crippen molar-refractivity contribution in [3.8, 4) is 12.3 Å². The third kappa shape index (κ3) is 3.47. The molecule has 0 amide bonds. The fourth-order valence-electron chi connectivity index (χ4n) is 3.11. The zero-order chi connectivity index (χ0) is 12.9. The van der Waals surface area contributed by atoms with Crippen LogP contribution in [-0.4, -0.2) is 18.1 Å². The molecule has 0 aromatic rings. The van der Waals surface area contributed by atoms with Crippen LogP contribution in [0.25, 0.3) is 0 Å². The Kier molecular flexibility index (Phi) is 5.49. The molecule has 0 saturated heterocycles. The lowest BCUT2D eigenvalue weighted by Gasteiger charge is -2.46. The summed E-state index contributed by atoms with van der Waals surface area (Å²) in [5, 5.41) is 3.69. The van der Waals surface area contributed by atoms with Crippen LogP contribution in [0.1, 0.15) is 52.9 Å². The molecule has 2 nitrogen and oxygen atoms in total. The van der Waals surface area contributed by atoms with Gasteiger partial charge in [-0.25, -0.2) is 0 Å². The summed E-state index contributed by atoms with van der Waals surface area (Å²) >= 11 is 0. The van der Waals surface area contributed by atoms with Crippen LogP contribution in [0, 0.1) is 24.2 Å². The van der Waals surface area contributed by atoms with Crippen molar-refractivity contribution in [2.45, 2.75) is 64.5 Å². The van der Waals surface area contributed by atoms with Gasteiger partial charge in [0.05, 0.1) is 6.04 Å². The smallest absolute Gasteiger partial charge is 0.0691 e. The molecule has 1 fully saturated rings. The maximum Gasteiger partial charge on any atom is 0.0691 e. The molecule has 0 aromatic heterocycles. The quantitative estimate of drug-likeness (QED) is 0.720. The highest BCUT2D eigenvalue weighted by atomic mass is 15.0. The average molecular weight is 236 g/mol. The third-order valence-electron chi connectivity index (χ3n) is 4.35. The van der Waals surface area contributed by atoms with E-state index >= 15 is 0 Å². The second-order valence-electron chi connectivity index (χ2n) is 5.80. The van der Waals surface area contributed by atoms with Gasteiger partial charge in [-0.15, -0.1) is 6.42 Å². The van der Waals surface area contributed by atoms with Crippen LogP contribution in [-0.2, 0) is 0 Å². The zero-order valence-electron chi connectivity index (χ0n) is 11.6. The zero-order valence-corrected chi connectivity index (χ0v) is 11.6. The molecule has 0 aromatic carbocycles. The van der Waals surface area contributed by atoms with Crippen LogP contribution < -0.4 is 11.1 Å². The summed E-state index contributed by atoms with van der Waals surface area (Å²) in [6, 6.07) is 0.177. The van der Waals surface area contributed by atoms with Gasteiger partial charge < -0.3 is 5.73 Å². The van der Waals surface area contributed by atoms with Crippen LogP contribution in [0.15, 0.2) is 0 Å². The number of nitrogens with two attached hydrogens (primary N) is 1. The number of hydrogen-bond donors (Lipinski definition) is 2. The molecule has 1 aliphatic carbocycles. The second kappa shape index (κ2) is 6.42. The van der Waals surface area contributed by atoms with Crippen LogP contribution in [0.4, 0.5) is 0 Å². The van der Waals surface area contributed by atoms with Crippen molar-refractivity contribution >= 4 is 0 Å². The Labute approximate surface area is 107 Å². The van der Waals surface area contributed by atoms with Gasteiger partial charge in [0.15, 0.2) is 0 Å². The van der Waals surface area contributed by atoms with E-state index in [1.807, 2.05) is 0 Å². The highest BCUT2D eigenvalue weighted by molar-refractivity contribution is 5.07. The summed E-state index contributed by atoms with van der Waals surface area (Å²) in [6.45, 7) is 7.50. The Bertz CT molecular complexity index is 269. The van der Waals surface area contributed by atoms with E-state index in [-0.39, 0.29) is 11.6 Å². The Morgan fingerprint density at radius 2 is 2.18 bits per heavy atom. The molecule has 1 saturated carbocycles. The fourth-order valence-corrected chi connectivity index (χ4v) is 3.11. The van der Waals surface area contributed by atoms with Gasteiger partial charge in [0.1, 0.15) is 0 Å². The molecule has 2 heteroatoms. The Hall–Kier alpha value is -0.520. The van der Waals surface area contributed by atoms with Crippen LogP contribution in [0.5, 0.6) is 0 Å². The predicted molar refractivity (Wildman–Crippen MR) is 74.6 cm³/mol. The van der Waals surface area contributed by atoms with Gasteiger partial charge in [-0.2, -0.15) is 0 Å². The van der Waals surface area contributed by atoms with Gasteiger partial charge in [0, 0.05) is 12.1 Å². The number of terminal acetylenes is 1. The van der Waals surface area contributed by atoms with Crippen molar-refractivity contribution in [1.29, 1.82) is 0 Å². The summed E-state index contributed by atoms with van der Waals surface area (Å²) in [5.74, 6) is 4.25. The highest BCUT2D eigenvalue weighted by Crippen LogP contribution is 2.36. The van der Waals surface area contributed by atoms with Gasteiger partial charge >= 0.3 is 0 Å². The molecule has 3 N–H and O–H groups in total. The second-order valence-corrected chi connectivity index (χ2v) is 5.80. The van der Waals surface area contributed by atoms with Gasteiger partial charge in [0.2, 0.25) is 0 Å². The maximum atomic E-state index is 6.06. The van der Waals surface area contributed by atoms with Gasteiger partial charge in [0.25, 0.3) is 0 Å². The molecular weight excluding hydrogens is 208 g/mol. The molecule has 4 atom stereocenters. The minimum Gasteiger partial charge on any atom is -0.329 e. The molecule has 4 unspecified atom stereocenters. The van der Waals surface area contributed by atoms with E-state index in [1.165, 1.54) is 12.8 Å². The van der Waals surface area contributed by atoms with Gasteiger partial charge in [-0.1, -0.05) is 39.5 Å². The monoisotopic (exact) mass is 236 g/mol. The Morgan fingerprint density at radius 3 is 2.71 bits per heavy atom. The van der Waals surface area contributed by atoms with E-state index in [4.69, 9.17) is 12.2 Å². The minimum atomic E-state index is 0.0594. The molecule has 0 spiro atoms. The molecule has 0 heterocycles. The first kappa shape index (κ1) is 14.5. The van der Waals surface area contributed by atoms with Crippen molar-refractivity contribution in [1.82, 2.24) is 5.32 Å². The molecule has 0 aliphatic heterocycles. The average Bonchev–Trinajstić information content (AvgIpc) is 2.33. The van der Waals surface area contributed by atoms with Crippen molar-refractivity contribution in [2.24, 2.45) is 17.6 Å². The summed E-state index contributed by atoms with van der Waals surface area (Å²) < 4.78 is 0. The van der Waals surface area contributed by atoms with E-state index in [0.29, 0.717) is 12.5 Å². The van der Waals surface area contributed by atoms with E-state index < -0.39 is 0 Å². The lowest BCUT2D eigenvalue weighted by molar-refractivity contribution is 0.118. The van der Waals surface area contributed by atoms with Crippen LogP contribution in [0.3, 0.4) is 0 Å². The predicted octanol–water partition coefficient (Wildman–Crippen LogP) is 2.53. The van der Waals surface area contributed by atoms with E-state index in [1.54, 1.807) is 0 Å². The maximum absolute atomic E-state index is 6.06. The fraction of sp³-hybridized carbons (Fsp3) is 0.867. The lowest BCUT2D eigenvalue weighted by Crippen LogP contribution is -2.61. The first-order valence-electron chi connectivity index (χ1n) is 7.01. The lowest BCUT2D eigenvalue weighted by atomic mass is 9.69. The van der Waals surface area contributed by atoms with E-state index in [9.17, 15) is 0 Å². The topological polar surface area (TPSA) is 38.0 Å². The van der Waals surface area contributed by atoms with Crippen molar-refractivity contribution < 1.29 is 0 Å². The molecule has 0 bridgehead atoms. The van der Waals surface area contributed by atoms with Crippen molar-refractivity contribution in [3.05, 3.63) is 0 Å². The molecule has 0 radical (unpaired) electrons. The molecule has 1 aliphatic rings. The van der Waals surface area contributed by atoms with Crippen molar-refractivity contribution in [2.75, 3.05) is 6.54 Å². The normalized spacial score (nSPS) is 35.2. The van der Waals surface area contributed by atoms with Gasteiger partial charge in [-0.05, 0) is 31.1 Å². The largest absolute Gasteiger partial charge is 0.329 e. The SMILES string of the molecule is C#CC(CCC)NC1(CN)CC(C)CCC1C. The summed E-state index contributed by atoms with van der Waals surface area (Å²) in [6.07, 6.45) is 11.5. The third-order valence-corrected chi connectivity index (χ3v) is 4.35. The van der Waals surface area contributed by atoms with E-state index in [2.05, 4.69) is 32.0 Å². The Morgan fingerprint density at radius 1 is 1.47 bits per heavy atom. The van der Waals surface area contributed by atoms with Crippen molar-refractivity contribution in [3.63, 3.8) is 0 Å². The van der Waals surface area contributed by atoms with Crippen LogP contribution in [0.2, 0.25) is 0 Å². The Balaban J connectivity index is 2.75. The first-order valence-corrected chi connectivity index (χ1v) is 7.01. The molecule has 98 valence electrons. The minimum absolute atomic E-state index is 0.0594. The van der Waals surface area contributed by atoms with Crippen LogP contribution >= 0.6 is 0 Å². The summed E-state index contributed by atoms with van der Waals surface area (Å²) in [4.78, 5) is 0.